The summed E-state index contributed by atoms with van der Waals surface area (Å²) in [6.45, 7) is 5.66. The van der Waals surface area contributed by atoms with E-state index in [-0.39, 0.29) is 18.1 Å². The first-order valence-electron chi connectivity index (χ1n) is 13.6. The molecule has 37 heavy (non-hydrogen) atoms. The van der Waals surface area contributed by atoms with E-state index in [4.69, 9.17) is 10.5 Å². The lowest BCUT2D eigenvalue weighted by Gasteiger charge is -2.35. The lowest BCUT2D eigenvalue weighted by Crippen LogP contribution is -2.48. The second kappa shape index (κ2) is 9.49. The van der Waals surface area contributed by atoms with Gasteiger partial charge in [0.05, 0.1) is 24.4 Å². The van der Waals surface area contributed by atoms with Gasteiger partial charge in [0.2, 0.25) is 5.91 Å². The number of carbonyl (C=O) groups excluding carboxylic acids is 2. The number of rotatable bonds is 3. The molecule has 2 atom stereocenters. The Labute approximate surface area is 218 Å². The average molecular weight is 498 g/mol. The smallest absolute Gasteiger partial charge is 0.251 e. The topological polar surface area (TPSA) is 77.6 Å². The summed E-state index contributed by atoms with van der Waals surface area (Å²) in [5.74, 6) is 0.0729. The minimum absolute atomic E-state index is 0.00497. The molecule has 1 aromatic heterocycles. The Kier molecular flexibility index (Phi) is 6.15. The summed E-state index contributed by atoms with van der Waals surface area (Å²) in [6.07, 6.45) is 8.15. The van der Waals surface area contributed by atoms with E-state index in [1.807, 2.05) is 36.9 Å². The number of nitrogens with zero attached hydrogens (tertiary/aromatic N) is 2. The summed E-state index contributed by atoms with van der Waals surface area (Å²) in [5.41, 5.74) is 12.7. The van der Waals surface area contributed by atoms with Crippen LogP contribution < -0.4 is 5.73 Å². The van der Waals surface area contributed by atoms with Gasteiger partial charge in [0, 0.05) is 40.7 Å². The highest BCUT2D eigenvalue weighted by Gasteiger charge is 2.33. The van der Waals surface area contributed by atoms with Gasteiger partial charge < -0.3 is 19.9 Å². The molecule has 6 rings (SSSR count). The summed E-state index contributed by atoms with van der Waals surface area (Å²) in [7, 11) is 0. The maximum absolute atomic E-state index is 14.0. The predicted molar refractivity (Wildman–Crippen MR) is 146 cm³/mol. The van der Waals surface area contributed by atoms with Gasteiger partial charge in [-0.05, 0) is 61.9 Å². The number of nitrogens with two attached hydrogens (primary N) is 1. The molecule has 2 aromatic carbocycles. The fraction of sp³-hybridized carbons (Fsp3) is 0.419. The third-order valence-electron chi connectivity index (χ3n) is 8.26. The number of ether oxygens (including phenoxy) is 1. The number of carbonyl (C=O) groups is 2. The third-order valence-corrected chi connectivity index (χ3v) is 8.26. The molecule has 2 N–H and O–H groups in total. The van der Waals surface area contributed by atoms with Crippen LogP contribution in [0.2, 0.25) is 0 Å². The first-order valence-corrected chi connectivity index (χ1v) is 13.6. The Morgan fingerprint density at radius 1 is 0.973 bits per heavy atom. The standard InChI is InChI=1S/C31H35N3O3/c1-19-16-33(17-20(2)37-19)31(36)24-14-22-10-6-7-11-25(22)29-28(21-8-4-3-5-9-21)26-13-12-23(30(32)35)15-27(26)34(29)18-24/h6-7,10-15,19-21H,3-5,8-9,16-18H2,1-2H3,(H2,32,35)/t19-,20+. The fourth-order valence-corrected chi connectivity index (χ4v) is 6.71. The van der Waals surface area contributed by atoms with E-state index < -0.39 is 5.91 Å². The molecule has 1 aliphatic carbocycles. The largest absolute Gasteiger partial charge is 0.372 e. The van der Waals surface area contributed by atoms with Crippen LogP contribution >= 0.6 is 0 Å². The van der Waals surface area contributed by atoms with Crippen molar-refractivity contribution in [1.82, 2.24) is 9.47 Å². The molecular weight excluding hydrogens is 462 g/mol. The van der Waals surface area contributed by atoms with E-state index in [0.29, 0.717) is 31.1 Å². The van der Waals surface area contributed by atoms with Crippen molar-refractivity contribution in [3.05, 3.63) is 64.7 Å². The van der Waals surface area contributed by atoms with E-state index in [1.54, 1.807) is 0 Å². The molecule has 2 fully saturated rings. The van der Waals surface area contributed by atoms with Crippen LogP contribution in [0.25, 0.3) is 28.2 Å². The van der Waals surface area contributed by atoms with Crippen molar-refractivity contribution in [2.45, 2.75) is 70.6 Å². The number of hydrogen-bond acceptors (Lipinski definition) is 3. The lowest BCUT2D eigenvalue weighted by atomic mass is 9.81. The van der Waals surface area contributed by atoms with Gasteiger partial charge in [-0.1, -0.05) is 49.6 Å². The number of benzene rings is 2. The highest BCUT2D eigenvalue weighted by molar-refractivity contribution is 6.04. The summed E-state index contributed by atoms with van der Waals surface area (Å²) in [4.78, 5) is 28.0. The molecule has 2 amide bonds. The van der Waals surface area contributed by atoms with Crippen LogP contribution in [-0.2, 0) is 16.1 Å². The minimum Gasteiger partial charge on any atom is -0.372 e. The monoisotopic (exact) mass is 497 g/mol. The predicted octanol–water partition coefficient (Wildman–Crippen LogP) is 5.49. The molecule has 0 radical (unpaired) electrons. The Morgan fingerprint density at radius 2 is 1.70 bits per heavy atom. The molecule has 6 nitrogen and oxygen atoms in total. The molecule has 3 aliphatic rings. The zero-order chi connectivity index (χ0) is 25.7. The van der Waals surface area contributed by atoms with E-state index in [1.165, 1.54) is 35.9 Å². The van der Waals surface area contributed by atoms with Gasteiger partial charge in [0.1, 0.15) is 0 Å². The second-order valence-electron chi connectivity index (χ2n) is 11.0. The highest BCUT2D eigenvalue weighted by atomic mass is 16.5. The first kappa shape index (κ1) is 24.0. The quantitative estimate of drug-likeness (QED) is 0.520. The zero-order valence-corrected chi connectivity index (χ0v) is 21.7. The van der Waals surface area contributed by atoms with Crippen LogP contribution in [0.5, 0.6) is 0 Å². The van der Waals surface area contributed by atoms with Crippen molar-refractivity contribution in [2.75, 3.05) is 13.1 Å². The van der Waals surface area contributed by atoms with E-state index in [0.717, 1.165) is 35.1 Å². The summed E-state index contributed by atoms with van der Waals surface area (Å²) in [5, 5.41) is 1.17. The maximum atomic E-state index is 14.0. The second-order valence-corrected chi connectivity index (χ2v) is 11.0. The summed E-state index contributed by atoms with van der Waals surface area (Å²) >= 11 is 0. The SMILES string of the molecule is C[C@@H]1CN(C(=O)C2=Cc3ccccc3-c3c(C4CCCCC4)c4ccc(C(N)=O)cc4n3C2)C[C@H](C)O1. The molecule has 6 heteroatoms. The molecule has 3 heterocycles. The average Bonchev–Trinajstić information content (AvgIpc) is 3.10. The van der Waals surface area contributed by atoms with Gasteiger partial charge in [-0.2, -0.15) is 0 Å². The van der Waals surface area contributed by atoms with Gasteiger partial charge >= 0.3 is 0 Å². The van der Waals surface area contributed by atoms with Crippen molar-refractivity contribution in [3.63, 3.8) is 0 Å². The van der Waals surface area contributed by atoms with Crippen LogP contribution in [0.4, 0.5) is 0 Å². The van der Waals surface area contributed by atoms with Crippen molar-refractivity contribution in [1.29, 1.82) is 0 Å². The summed E-state index contributed by atoms with van der Waals surface area (Å²) < 4.78 is 8.16. The third kappa shape index (κ3) is 4.27. The van der Waals surface area contributed by atoms with Gasteiger partial charge in [-0.25, -0.2) is 0 Å². The van der Waals surface area contributed by atoms with Gasteiger partial charge in [-0.3, -0.25) is 9.59 Å². The Bertz CT molecular complexity index is 1400. The molecule has 1 saturated heterocycles. The molecule has 0 bridgehead atoms. The number of amides is 2. The summed E-state index contributed by atoms with van der Waals surface area (Å²) in [6, 6.07) is 14.2. The van der Waals surface area contributed by atoms with Crippen molar-refractivity contribution in [3.8, 4) is 11.3 Å². The van der Waals surface area contributed by atoms with E-state index in [2.05, 4.69) is 34.9 Å². The number of morpholine rings is 1. The molecule has 1 saturated carbocycles. The molecule has 3 aromatic rings. The fourth-order valence-electron chi connectivity index (χ4n) is 6.71. The van der Waals surface area contributed by atoms with Crippen molar-refractivity contribution >= 4 is 28.8 Å². The van der Waals surface area contributed by atoms with Crippen LogP contribution in [0.15, 0.2) is 48.0 Å². The van der Waals surface area contributed by atoms with E-state index >= 15 is 0 Å². The molecular formula is C31H35N3O3. The van der Waals surface area contributed by atoms with Crippen molar-refractivity contribution in [2.24, 2.45) is 5.73 Å². The molecule has 0 unspecified atom stereocenters. The molecule has 2 aliphatic heterocycles. The van der Waals surface area contributed by atoms with E-state index in [9.17, 15) is 9.59 Å². The Hall–Kier alpha value is -3.38. The van der Waals surface area contributed by atoms with Crippen molar-refractivity contribution < 1.29 is 14.3 Å². The van der Waals surface area contributed by atoms with Gasteiger partial charge in [-0.15, -0.1) is 0 Å². The number of aromatic nitrogens is 1. The van der Waals surface area contributed by atoms with Gasteiger partial charge in [0.15, 0.2) is 0 Å². The lowest BCUT2D eigenvalue weighted by molar-refractivity contribution is -0.139. The molecule has 0 spiro atoms. The van der Waals surface area contributed by atoms with Crippen LogP contribution in [0, 0.1) is 0 Å². The van der Waals surface area contributed by atoms with Crippen LogP contribution in [0.1, 0.15) is 73.4 Å². The Morgan fingerprint density at radius 3 is 2.43 bits per heavy atom. The van der Waals surface area contributed by atoms with Gasteiger partial charge in [0.25, 0.3) is 5.91 Å². The number of hydrogen-bond donors (Lipinski definition) is 1. The van der Waals surface area contributed by atoms with Crippen LogP contribution in [0.3, 0.4) is 0 Å². The normalized spacial score (nSPS) is 22.2. The number of fused-ring (bicyclic) bond motifs is 5. The first-order chi connectivity index (χ1) is 17.9. The minimum atomic E-state index is -0.436. The molecule has 192 valence electrons. The maximum Gasteiger partial charge on any atom is 0.251 e. The van der Waals surface area contributed by atoms with Crippen LogP contribution in [-0.4, -0.2) is 46.6 Å². The highest BCUT2D eigenvalue weighted by Crippen LogP contribution is 2.46. The number of primary amides is 1. The zero-order valence-electron chi connectivity index (χ0n) is 21.7. The Balaban J connectivity index is 1.56.